The first kappa shape index (κ1) is 16.0. The van der Waals surface area contributed by atoms with Gasteiger partial charge in [-0.25, -0.2) is 4.79 Å². The van der Waals surface area contributed by atoms with Crippen LogP contribution < -0.4 is 0 Å². The SMILES string of the molecule is C=CCCCCC(C(=O)O)N(C)C(=O)c1ccccc1. The summed E-state index contributed by atoms with van der Waals surface area (Å²) in [4.78, 5) is 24.9. The number of nitrogens with zero attached hydrogens (tertiary/aromatic N) is 1. The molecule has 4 nitrogen and oxygen atoms in total. The van der Waals surface area contributed by atoms with Gasteiger partial charge in [0.25, 0.3) is 5.91 Å². The fourth-order valence-electron chi connectivity index (χ4n) is 2.04. The molecule has 1 rings (SSSR count). The van der Waals surface area contributed by atoms with E-state index in [-0.39, 0.29) is 5.91 Å². The molecule has 0 fully saturated rings. The molecular weight excluding hydrogens is 254 g/mol. The van der Waals surface area contributed by atoms with Crippen LogP contribution in [0.15, 0.2) is 43.0 Å². The number of allylic oxidation sites excluding steroid dienone is 1. The molecular formula is C16H21NO3. The summed E-state index contributed by atoms with van der Waals surface area (Å²) in [6.45, 7) is 3.63. The second kappa shape index (κ2) is 8.15. The van der Waals surface area contributed by atoms with E-state index in [1.807, 2.05) is 12.1 Å². The van der Waals surface area contributed by atoms with Crippen molar-refractivity contribution >= 4 is 11.9 Å². The molecule has 0 aromatic heterocycles. The maximum Gasteiger partial charge on any atom is 0.326 e. The number of hydrogen-bond donors (Lipinski definition) is 1. The van der Waals surface area contributed by atoms with Gasteiger partial charge >= 0.3 is 5.97 Å². The monoisotopic (exact) mass is 275 g/mol. The number of unbranched alkanes of at least 4 members (excludes halogenated alkanes) is 2. The molecule has 0 heterocycles. The van der Waals surface area contributed by atoms with Gasteiger partial charge in [0.15, 0.2) is 0 Å². The smallest absolute Gasteiger partial charge is 0.326 e. The Morgan fingerprint density at radius 2 is 1.95 bits per heavy atom. The van der Waals surface area contributed by atoms with Crippen LogP contribution in [0.5, 0.6) is 0 Å². The Labute approximate surface area is 119 Å². The minimum Gasteiger partial charge on any atom is -0.480 e. The Hall–Kier alpha value is -2.10. The number of carbonyl (C=O) groups excluding carboxylic acids is 1. The second-order valence-electron chi connectivity index (χ2n) is 4.71. The molecule has 108 valence electrons. The summed E-state index contributed by atoms with van der Waals surface area (Å²) in [6.07, 6.45) is 4.78. The zero-order valence-electron chi connectivity index (χ0n) is 11.8. The van der Waals surface area contributed by atoms with Crippen molar-refractivity contribution in [1.29, 1.82) is 0 Å². The van der Waals surface area contributed by atoms with Gasteiger partial charge in [0.1, 0.15) is 6.04 Å². The first-order valence-electron chi connectivity index (χ1n) is 6.73. The van der Waals surface area contributed by atoms with Gasteiger partial charge in [-0.15, -0.1) is 6.58 Å². The normalized spacial score (nSPS) is 11.7. The van der Waals surface area contributed by atoms with Gasteiger partial charge in [-0.3, -0.25) is 4.79 Å². The predicted molar refractivity (Wildman–Crippen MR) is 78.6 cm³/mol. The van der Waals surface area contributed by atoms with Crippen LogP contribution in [0.25, 0.3) is 0 Å². The van der Waals surface area contributed by atoms with Gasteiger partial charge in [-0.2, -0.15) is 0 Å². The molecule has 4 heteroatoms. The summed E-state index contributed by atoms with van der Waals surface area (Å²) in [5, 5.41) is 9.28. The molecule has 0 saturated carbocycles. The zero-order valence-corrected chi connectivity index (χ0v) is 11.8. The lowest BCUT2D eigenvalue weighted by Gasteiger charge is -2.25. The van der Waals surface area contributed by atoms with E-state index in [4.69, 9.17) is 0 Å². The maximum absolute atomic E-state index is 12.2. The Kier molecular flexibility index (Phi) is 6.50. The van der Waals surface area contributed by atoms with Crippen LogP contribution >= 0.6 is 0 Å². The third-order valence-electron chi connectivity index (χ3n) is 3.23. The van der Waals surface area contributed by atoms with Crippen molar-refractivity contribution in [3.63, 3.8) is 0 Å². The highest BCUT2D eigenvalue weighted by Crippen LogP contribution is 2.13. The summed E-state index contributed by atoms with van der Waals surface area (Å²) < 4.78 is 0. The van der Waals surface area contributed by atoms with Crippen LogP contribution in [0.4, 0.5) is 0 Å². The van der Waals surface area contributed by atoms with Crippen LogP contribution in [0.3, 0.4) is 0 Å². The Morgan fingerprint density at radius 1 is 1.30 bits per heavy atom. The fraction of sp³-hybridized carbons (Fsp3) is 0.375. The molecule has 0 spiro atoms. The standard InChI is InChI=1S/C16H21NO3/c1-3-4-5-9-12-14(16(19)20)17(2)15(18)13-10-7-6-8-11-13/h3,6-8,10-11,14H,1,4-5,9,12H2,2H3,(H,19,20). The van der Waals surface area contributed by atoms with E-state index in [0.717, 1.165) is 19.3 Å². The van der Waals surface area contributed by atoms with Crippen LogP contribution in [0, 0.1) is 0 Å². The van der Waals surface area contributed by atoms with Gasteiger partial charge in [0.2, 0.25) is 0 Å². The average Bonchev–Trinajstić information content (AvgIpc) is 2.46. The Bertz CT molecular complexity index is 456. The van der Waals surface area contributed by atoms with Gasteiger partial charge in [-0.05, 0) is 31.4 Å². The van der Waals surface area contributed by atoms with Crippen LogP contribution in [-0.4, -0.2) is 35.0 Å². The first-order chi connectivity index (χ1) is 9.57. The zero-order chi connectivity index (χ0) is 15.0. The summed E-state index contributed by atoms with van der Waals surface area (Å²) >= 11 is 0. The lowest BCUT2D eigenvalue weighted by Crippen LogP contribution is -2.42. The molecule has 1 unspecified atom stereocenters. The van der Waals surface area contributed by atoms with Crippen LogP contribution in [0.1, 0.15) is 36.0 Å². The molecule has 0 saturated heterocycles. The summed E-state index contributed by atoms with van der Waals surface area (Å²) in [5.41, 5.74) is 0.507. The van der Waals surface area contributed by atoms with Gasteiger partial charge in [0.05, 0.1) is 0 Å². The number of benzene rings is 1. The number of aliphatic carboxylic acids is 1. The minimum absolute atomic E-state index is 0.262. The van der Waals surface area contributed by atoms with Gasteiger partial charge in [-0.1, -0.05) is 30.7 Å². The van der Waals surface area contributed by atoms with E-state index in [2.05, 4.69) is 6.58 Å². The van der Waals surface area contributed by atoms with Crippen LogP contribution in [0.2, 0.25) is 0 Å². The van der Waals surface area contributed by atoms with Crippen molar-refractivity contribution in [1.82, 2.24) is 4.90 Å². The predicted octanol–water partition coefficient (Wildman–Crippen LogP) is 2.96. The molecule has 1 amide bonds. The Morgan fingerprint density at radius 3 is 2.50 bits per heavy atom. The lowest BCUT2D eigenvalue weighted by atomic mass is 10.1. The molecule has 0 aliphatic carbocycles. The molecule has 0 aliphatic heterocycles. The third kappa shape index (κ3) is 4.53. The molecule has 0 aliphatic rings. The maximum atomic E-state index is 12.2. The van der Waals surface area contributed by atoms with Crippen molar-refractivity contribution in [2.24, 2.45) is 0 Å². The number of hydrogen-bond acceptors (Lipinski definition) is 2. The summed E-state index contributed by atoms with van der Waals surface area (Å²) in [6, 6.07) is 7.94. The van der Waals surface area contributed by atoms with Crippen molar-refractivity contribution < 1.29 is 14.7 Å². The lowest BCUT2D eigenvalue weighted by molar-refractivity contribution is -0.142. The molecule has 1 aromatic rings. The van der Waals surface area contributed by atoms with Crippen molar-refractivity contribution in [2.45, 2.75) is 31.7 Å². The van der Waals surface area contributed by atoms with E-state index >= 15 is 0 Å². The number of amides is 1. The van der Waals surface area contributed by atoms with E-state index in [1.54, 1.807) is 31.3 Å². The second-order valence-corrected chi connectivity index (χ2v) is 4.71. The molecule has 0 bridgehead atoms. The average molecular weight is 275 g/mol. The highest BCUT2D eigenvalue weighted by molar-refractivity contribution is 5.96. The van der Waals surface area contributed by atoms with Gasteiger partial charge < -0.3 is 10.0 Å². The number of carboxylic acid groups (broad SMARTS) is 1. The molecule has 1 atom stereocenters. The first-order valence-corrected chi connectivity index (χ1v) is 6.73. The quantitative estimate of drug-likeness (QED) is 0.586. The van der Waals surface area contributed by atoms with Crippen LogP contribution in [-0.2, 0) is 4.79 Å². The third-order valence-corrected chi connectivity index (χ3v) is 3.23. The number of rotatable bonds is 8. The molecule has 1 aromatic carbocycles. The van der Waals surface area contributed by atoms with E-state index < -0.39 is 12.0 Å². The van der Waals surface area contributed by atoms with Crippen molar-refractivity contribution in [2.75, 3.05) is 7.05 Å². The summed E-state index contributed by atoms with van der Waals surface area (Å²) in [5.74, 6) is -1.22. The largest absolute Gasteiger partial charge is 0.480 e. The van der Waals surface area contributed by atoms with Crippen molar-refractivity contribution in [3.8, 4) is 0 Å². The highest BCUT2D eigenvalue weighted by Gasteiger charge is 2.26. The minimum atomic E-state index is -0.963. The van der Waals surface area contributed by atoms with Gasteiger partial charge in [0, 0.05) is 12.6 Å². The number of carbonyl (C=O) groups is 2. The topological polar surface area (TPSA) is 57.6 Å². The highest BCUT2D eigenvalue weighted by atomic mass is 16.4. The molecule has 0 radical (unpaired) electrons. The van der Waals surface area contributed by atoms with Crippen molar-refractivity contribution in [3.05, 3.63) is 48.6 Å². The van der Waals surface area contributed by atoms with E-state index in [1.165, 1.54) is 4.90 Å². The van der Waals surface area contributed by atoms with E-state index in [9.17, 15) is 14.7 Å². The molecule has 1 N–H and O–H groups in total. The number of likely N-dealkylation sites (N-methyl/N-ethyl adjacent to an activating group) is 1. The molecule has 20 heavy (non-hydrogen) atoms. The summed E-state index contributed by atoms with van der Waals surface area (Å²) in [7, 11) is 1.54. The fourth-order valence-corrected chi connectivity index (χ4v) is 2.04. The Balaban J connectivity index is 2.68. The van der Waals surface area contributed by atoms with E-state index in [0.29, 0.717) is 12.0 Å². The number of carboxylic acids is 1.